The molecule has 0 radical (unpaired) electrons. The fourth-order valence-corrected chi connectivity index (χ4v) is 0.284. The number of primary amides is 1. The van der Waals surface area contributed by atoms with Gasteiger partial charge in [-0.3, -0.25) is 4.79 Å². The number of hydrogen-bond donors (Lipinski definition) is 3. The van der Waals surface area contributed by atoms with E-state index in [4.69, 9.17) is 10.2 Å². The molecular weight excluding hydrogens is 138 g/mol. The van der Waals surface area contributed by atoms with Crippen molar-refractivity contribution >= 4 is 11.9 Å². The Kier molecular flexibility index (Phi) is 2.57. The summed E-state index contributed by atoms with van der Waals surface area (Å²) in [5.74, 6) is -2.56. The molecule has 1 amide bonds. The number of aliphatic hydroxyl groups excluding tert-OH is 1. The van der Waals surface area contributed by atoms with Gasteiger partial charge in [0.15, 0.2) is 6.10 Å². The fraction of sp³-hybridized carbons (Fsp3) is 0.200. The van der Waals surface area contributed by atoms with E-state index in [0.29, 0.717) is 0 Å². The number of aliphatic carboxylic acids is 1. The molecule has 4 N–H and O–H groups in total. The van der Waals surface area contributed by atoms with E-state index < -0.39 is 23.6 Å². The van der Waals surface area contributed by atoms with Crippen molar-refractivity contribution < 1.29 is 19.8 Å². The van der Waals surface area contributed by atoms with Crippen molar-refractivity contribution in [3.63, 3.8) is 0 Å². The molecule has 0 saturated carbocycles. The Hall–Kier alpha value is -1.36. The van der Waals surface area contributed by atoms with E-state index in [1.807, 2.05) is 0 Å². The monoisotopic (exact) mass is 145 g/mol. The summed E-state index contributed by atoms with van der Waals surface area (Å²) in [7, 11) is 0. The third-order valence-electron chi connectivity index (χ3n) is 0.880. The van der Waals surface area contributed by atoms with Gasteiger partial charge >= 0.3 is 5.97 Å². The summed E-state index contributed by atoms with van der Waals surface area (Å²) in [5, 5.41) is 16.6. The maximum absolute atomic E-state index is 10.1. The van der Waals surface area contributed by atoms with Gasteiger partial charge in [-0.25, -0.2) is 4.79 Å². The predicted octanol–water partition coefficient (Wildman–Crippen LogP) is -1.53. The lowest BCUT2D eigenvalue weighted by Crippen LogP contribution is -2.29. The molecular formula is C5H7NO4. The Morgan fingerprint density at radius 2 is 1.90 bits per heavy atom. The third-order valence-corrected chi connectivity index (χ3v) is 0.880. The normalized spacial score (nSPS) is 12.1. The van der Waals surface area contributed by atoms with Crippen molar-refractivity contribution in [2.45, 2.75) is 6.10 Å². The predicted molar refractivity (Wildman–Crippen MR) is 32.0 cm³/mol. The minimum absolute atomic E-state index is 0.521. The summed E-state index contributed by atoms with van der Waals surface area (Å²) in [5.41, 5.74) is 4.09. The topological polar surface area (TPSA) is 101 Å². The molecule has 0 aliphatic rings. The molecule has 0 bridgehead atoms. The number of amides is 1. The summed E-state index contributed by atoms with van der Waals surface area (Å²) in [6.45, 7) is 2.97. The van der Waals surface area contributed by atoms with E-state index in [2.05, 4.69) is 12.3 Å². The van der Waals surface area contributed by atoms with Crippen molar-refractivity contribution in [1.29, 1.82) is 0 Å². The number of carboxylic acid groups (broad SMARTS) is 1. The van der Waals surface area contributed by atoms with Gasteiger partial charge in [0.2, 0.25) is 5.91 Å². The molecule has 0 rings (SSSR count). The quantitative estimate of drug-likeness (QED) is 0.419. The van der Waals surface area contributed by atoms with E-state index in [0.717, 1.165) is 0 Å². The van der Waals surface area contributed by atoms with Crippen molar-refractivity contribution in [3.05, 3.63) is 12.2 Å². The molecule has 0 saturated heterocycles. The van der Waals surface area contributed by atoms with E-state index in [-0.39, 0.29) is 0 Å². The summed E-state index contributed by atoms with van der Waals surface area (Å²) in [6, 6.07) is 0. The molecule has 0 aromatic carbocycles. The summed E-state index contributed by atoms with van der Waals surface area (Å²) in [6.07, 6.45) is -1.89. The third kappa shape index (κ3) is 1.87. The molecule has 0 fully saturated rings. The molecule has 0 aliphatic carbocycles. The first-order chi connectivity index (χ1) is 4.46. The van der Waals surface area contributed by atoms with Gasteiger partial charge in [-0.2, -0.15) is 0 Å². The van der Waals surface area contributed by atoms with E-state index in [1.54, 1.807) is 0 Å². The summed E-state index contributed by atoms with van der Waals surface area (Å²) < 4.78 is 0. The van der Waals surface area contributed by atoms with E-state index in [1.165, 1.54) is 0 Å². The van der Waals surface area contributed by atoms with Crippen LogP contribution in [0.15, 0.2) is 12.2 Å². The van der Waals surface area contributed by atoms with Gasteiger partial charge in [0, 0.05) is 5.57 Å². The molecule has 0 spiro atoms. The zero-order chi connectivity index (χ0) is 8.31. The van der Waals surface area contributed by atoms with Crippen LogP contribution >= 0.6 is 0 Å². The number of rotatable bonds is 3. The average Bonchev–Trinajstić information content (AvgIpc) is 1.84. The Morgan fingerprint density at radius 3 is 2.00 bits per heavy atom. The minimum atomic E-state index is -1.89. The van der Waals surface area contributed by atoms with Crippen LogP contribution in [0.5, 0.6) is 0 Å². The van der Waals surface area contributed by atoms with Gasteiger partial charge in [0.1, 0.15) is 0 Å². The van der Waals surface area contributed by atoms with Gasteiger partial charge in [0.25, 0.3) is 0 Å². The molecule has 56 valence electrons. The lowest BCUT2D eigenvalue weighted by Gasteiger charge is -2.03. The van der Waals surface area contributed by atoms with Crippen LogP contribution in [-0.2, 0) is 9.59 Å². The van der Waals surface area contributed by atoms with Gasteiger partial charge in [0.05, 0.1) is 0 Å². The van der Waals surface area contributed by atoms with E-state index >= 15 is 0 Å². The van der Waals surface area contributed by atoms with Crippen LogP contribution in [0.3, 0.4) is 0 Å². The highest BCUT2D eigenvalue weighted by Crippen LogP contribution is 1.96. The largest absolute Gasteiger partial charge is 0.479 e. The van der Waals surface area contributed by atoms with Crippen LogP contribution in [0.4, 0.5) is 0 Å². The molecule has 0 aromatic heterocycles. The number of carbonyl (C=O) groups is 2. The lowest BCUT2D eigenvalue weighted by atomic mass is 10.1. The smallest absolute Gasteiger partial charge is 0.337 e. The lowest BCUT2D eigenvalue weighted by molar-refractivity contribution is -0.145. The number of aliphatic hydroxyl groups is 1. The van der Waals surface area contributed by atoms with Crippen molar-refractivity contribution in [2.75, 3.05) is 0 Å². The zero-order valence-electron chi connectivity index (χ0n) is 5.07. The van der Waals surface area contributed by atoms with Crippen LogP contribution in [0.25, 0.3) is 0 Å². The first kappa shape index (κ1) is 8.64. The number of carbonyl (C=O) groups excluding carboxylic acids is 1. The first-order valence-electron chi connectivity index (χ1n) is 2.36. The highest BCUT2D eigenvalue weighted by atomic mass is 16.4. The SMILES string of the molecule is C=C(C(N)=O)C(O)C(=O)O. The second-order valence-electron chi connectivity index (χ2n) is 1.63. The molecule has 0 aliphatic heterocycles. The summed E-state index contributed by atoms with van der Waals surface area (Å²) in [4.78, 5) is 20.1. The minimum Gasteiger partial charge on any atom is -0.479 e. The van der Waals surface area contributed by atoms with Gasteiger partial charge in [-0.1, -0.05) is 6.58 Å². The zero-order valence-corrected chi connectivity index (χ0v) is 5.07. The van der Waals surface area contributed by atoms with Crippen LogP contribution < -0.4 is 5.73 Å². The number of hydrogen-bond acceptors (Lipinski definition) is 3. The highest BCUT2D eigenvalue weighted by Gasteiger charge is 2.20. The maximum Gasteiger partial charge on any atom is 0.337 e. The van der Waals surface area contributed by atoms with Crippen molar-refractivity contribution in [1.82, 2.24) is 0 Å². The Morgan fingerprint density at radius 1 is 1.50 bits per heavy atom. The van der Waals surface area contributed by atoms with Crippen LogP contribution in [0, 0.1) is 0 Å². The molecule has 10 heavy (non-hydrogen) atoms. The summed E-state index contributed by atoms with van der Waals surface area (Å²) >= 11 is 0. The Balaban J connectivity index is 4.22. The van der Waals surface area contributed by atoms with Gasteiger partial charge in [-0.05, 0) is 0 Å². The fourth-order valence-electron chi connectivity index (χ4n) is 0.284. The van der Waals surface area contributed by atoms with Crippen LogP contribution in [0.2, 0.25) is 0 Å². The van der Waals surface area contributed by atoms with Gasteiger partial charge < -0.3 is 15.9 Å². The maximum atomic E-state index is 10.1. The molecule has 5 heteroatoms. The van der Waals surface area contributed by atoms with E-state index in [9.17, 15) is 9.59 Å². The second kappa shape index (κ2) is 2.98. The number of carboxylic acids is 1. The van der Waals surface area contributed by atoms with Crippen LogP contribution in [-0.4, -0.2) is 28.2 Å². The standard InChI is InChI=1S/C5H7NO4/c1-2(4(6)8)3(7)5(9)10/h3,7H,1H2,(H2,6,8)(H,9,10). The Bertz CT molecular complexity index is 186. The second-order valence-corrected chi connectivity index (χ2v) is 1.63. The highest BCUT2D eigenvalue weighted by molar-refractivity contribution is 5.98. The first-order valence-corrected chi connectivity index (χ1v) is 2.36. The Labute approximate surface area is 56.8 Å². The molecule has 5 nitrogen and oxygen atoms in total. The van der Waals surface area contributed by atoms with Crippen molar-refractivity contribution in [2.24, 2.45) is 5.73 Å². The molecule has 1 atom stereocenters. The molecule has 0 heterocycles. The number of nitrogens with two attached hydrogens (primary N) is 1. The van der Waals surface area contributed by atoms with Crippen LogP contribution in [0.1, 0.15) is 0 Å². The van der Waals surface area contributed by atoms with Crippen molar-refractivity contribution in [3.8, 4) is 0 Å². The average molecular weight is 145 g/mol. The van der Waals surface area contributed by atoms with Gasteiger partial charge in [-0.15, -0.1) is 0 Å². The molecule has 0 aromatic rings. The molecule has 1 unspecified atom stereocenters.